The summed E-state index contributed by atoms with van der Waals surface area (Å²) in [6, 6.07) is 0. The number of allylic oxidation sites excluding steroid dienone is 20. The van der Waals surface area contributed by atoms with Gasteiger partial charge in [-0.15, -0.1) is 0 Å². The van der Waals surface area contributed by atoms with Crippen LogP contribution in [0.3, 0.4) is 0 Å². The molecule has 4 N–H and O–H groups in total. The molecule has 0 aromatic heterocycles. The van der Waals surface area contributed by atoms with Gasteiger partial charge < -0.3 is 34.2 Å². The molecule has 5 unspecified atom stereocenters. The minimum Gasteiger partial charge on any atom is -0.463 e. The van der Waals surface area contributed by atoms with Gasteiger partial charge in [-0.2, -0.15) is 0 Å². The Morgan fingerprint density at radius 2 is 0.596 bits per heavy atom. The molecule has 0 saturated heterocycles. The Hall–Kier alpha value is -4.05. The van der Waals surface area contributed by atoms with Gasteiger partial charge in [0.25, 0.3) is 0 Å². The van der Waals surface area contributed by atoms with E-state index in [1.807, 2.05) is 0 Å². The highest BCUT2D eigenvalue weighted by Crippen LogP contribution is 2.45. The second kappa shape index (κ2) is 64.1. The number of aliphatic hydroxyl groups is 2. The van der Waals surface area contributed by atoms with Crippen LogP contribution in [0.25, 0.3) is 0 Å². The molecule has 510 valence electrons. The van der Waals surface area contributed by atoms with Crippen molar-refractivity contribution >= 4 is 33.6 Å². The molecule has 0 aliphatic rings. The van der Waals surface area contributed by atoms with Crippen LogP contribution in [0.5, 0.6) is 0 Å². The maximum atomic E-state index is 12.9. The molecule has 0 aliphatic heterocycles. The van der Waals surface area contributed by atoms with Gasteiger partial charge >= 0.3 is 33.6 Å². The maximum Gasteiger partial charge on any atom is 0.472 e. The third kappa shape index (κ3) is 65.3. The molecule has 16 nitrogen and oxygen atoms in total. The van der Waals surface area contributed by atoms with Crippen molar-refractivity contribution in [2.24, 2.45) is 0 Å². The number of hydrogen-bond donors (Lipinski definition) is 4. The van der Waals surface area contributed by atoms with E-state index in [0.717, 1.165) is 173 Å². The largest absolute Gasteiger partial charge is 0.472 e. The number of aliphatic hydroxyl groups excluding tert-OH is 2. The first kappa shape index (κ1) is 85.0. The SMILES string of the molecule is CC/C=C\C/C=C\C/C=C\C/C=C\CCCCCCCCC(=O)OCC(O)COP(=O)(O)OCC(O)COP(=O)(O)OCC(COC(=O)CCCCCCCC/C=C\C/C=C\C/C=C\C/C=C\CC)OC(=O)CCCCCCC/C=C\C/C=C\CCCCC. The molecule has 0 rings (SSSR count). The van der Waals surface area contributed by atoms with Crippen LogP contribution in [0.1, 0.15) is 252 Å². The smallest absolute Gasteiger partial charge is 0.463 e. The van der Waals surface area contributed by atoms with E-state index in [1.54, 1.807) is 0 Å². The van der Waals surface area contributed by atoms with E-state index >= 15 is 0 Å². The Kier molecular flexibility index (Phi) is 61.2. The Morgan fingerprint density at radius 1 is 0.326 bits per heavy atom. The quantitative estimate of drug-likeness (QED) is 0.0146. The highest BCUT2D eigenvalue weighted by Gasteiger charge is 2.29. The molecule has 18 heteroatoms. The molecule has 0 aromatic rings. The second-order valence-electron chi connectivity index (χ2n) is 22.2. The van der Waals surface area contributed by atoms with Gasteiger partial charge in [-0.05, 0) is 128 Å². The molecule has 0 radical (unpaired) electrons. The lowest BCUT2D eigenvalue weighted by Gasteiger charge is -2.21. The highest BCUT2D eigenvalue weighted by molar-refractivity contribution is 7.47. The number of phosphoric ester groups is 2. The number of hydrogen-bond acceptors (Lipinski definition) is 14. The molecule has 5 atom stereocenters. The first-order valence-corrected chi connectivity index (χ1v) is 36.8. The van der Waals surface area contributed by atoms with E-state index in [2.05, 4.69) is 142 Å². The third-order valence-corrected chi connectivity index (χ3v) is 15.6. The van der Waals surface area contributed by atoms with Crippen molar-refractivity contribution in [3.05, 3.63) is 122 Å². The molecule has 0 bridgehead atoms. The molecule has 89 heavy (non-hydrogen) atoms. The molecule has 0 amide bonds. The summed E-state index contributed by atoms with van der Waals surface area (Å²) in [5, 5.41) is 20.5. The predicted molar refractivity (Wildman–Crippen MR) is 362 cm³/mol. The van der Waals surface area contributed by atoms with E-state index in [0.29, 0.717) is 19.3 Å². The van der Waals surface area contributed by atoms with Crippen molar-refractivity contribution < 1.29 is 75.8 Å². The lowest BCUT2D eigenvalue weighted by atomic mass is 10.1. The Bertz CT molecular complexity index is 2110. The van der Waals surface area contributed by atoms with Crippen molar-refractivity contribution in [1.29, 1.82) is 0 Å². The topological polar surface area (TPSA) is 231 Å². The van der Waals surface area contributed by atoms with Crippen molar-refractivity contribution in [1.82, 2.24) is 0 Å². The van der Waals surface area contributed by atoms with Gasteiger partial charge in [0.15, 0.2) is 6.10 Å². The van der Waals surface area contributed by atoms with E-state index in [9.17, 15) is 43.5 Å². The van der Waals surface area contributed by atoms with Crippen molar-refractivity contribution in [2.75, 3.05) is 39.6 Å². The first-order valence-electron chi connectivity index (χ1n) is 33.8. The standard InChI is InChI=1S/C71H120O16P2/c1-4-7-10-13-16-19-22-25-28-30-32-34-37-39-42-45-48-51-54-57-69(74)81-60-66(72)61-83-88(77,78)84-62-67(73)63-85-89(79,80)86-65-68(87-71(76)59-56-53-50-47-44-41-36-27-24-21-18-15-12-9-6-3)64-82-70(75)58-55-52-49-46-43-40-38-35-33-31-29-26-23-20-17-14-11-8-5-2/h7-8,10-11,16-21,25-29,32-36,66-68,72-73H,4-6,9,12-15,22-24,30-31,37-65H2,1-3H3,(H,77,78)(H,79,80)/b10-7-,11-8-,19-16-,20-17-,21-18-,28-25-,29-26-,34-32-,35-33-,36-27-. The summed E-state index contributed by atoms with van der Waals surface area (Å²) in [6.07, 6.45) is 72.4. The minimum absolute atomic E-state index is 0.0819. The van der Waals surface area contributed by atoms with Crippen molar-refractivity contribution in [2.45, 2.75) is 270 Å². The summed E-state index contributed by atoms with van der Waals surface area (Å²) in [6.45, 7) is 2.35. The molecule has 0 aromatic carbocycles. The van der Waals surface area contributed by atoms with Gasteiger partial charge in [0.05, 0.1) is 26.4 Å². The van der Waals surface area contributed by atoms with E-state index in [1.165, 1.54) is 19.3 Å². The Morgan fingerprint density at radius 3 is 0.944 bits per heavy atom. The number of carbonyl (C=O) groups is 3. The molecule has 0 fully saturated rings. The van der Waals surface area contributed by atoms with Crippen LogP contribution >= 0.6 is 15.6 Å². The van der Waals surface area contributed by atoms with E-state index in [-0.39, 0.29) is 19.3 Å². The van der Waals surface area contributed by atoms with Gasteiger partial charge in [-0.1, -0.05) is 226 Å². The van der Waals surface area contributed by atoms with Gasteiger partial charge in [-0.3, -0.25) is 32.5 Å². The van der Waals surface area contributed by atoms with Crippen LogP contribution in [-0.2, 0) is 55.8 Å². The van der Waals surface area contributed by atoms with Crippen LogP contribution in [0.15, 0.2) is 122 Å². The number of ether oxygens (including phenoxy) is 3. The highest BCUT2D eigenvalue weighted by atomic mass is 31.2. The average molecular weight is 1290 g/mol. The summed E-state index contributed by atoms with van der Waals surface area (Å²) in [4.78, 5) is 58.4. The van der Waals surface area contributed by atoms with Crippen LogP contribution in [0.4, 0.5) is 0 Å². The zero-order valence-electron chi connectivity index (χ0n) is 55.1. The third-order valence-electron chi connectivity index (χ3n) is 13.7. The molecular weight excluding hydrogens is 1170 g/mol. The number of rotatable bonds is 63. The average Bonchev–Trinajstić information content (AvgIpc) is 3.54. The monoisotopic (exact) mass is 1290 g/mol. The molecule has 0 saturated carbocycles. The van der Waals surface area contributed by atoms with Gasteiger partial charge in [0, 0.05) is 19.3 Å². The number of carbonyl (C=O) groups excluding carboxylic acids is 3. The summed E-state index contributed by atoms with van der Waals surface area (Å²) in [7, 11) is -9.79. The van der Waals surface area contributed by atoms with Gasteiger partial charge in [0.2, 0.25) is 0 Å². The van der Waals surface area contributed by atoms with Crippen LogP contribution in [0.2, 0.25) is 0 Å². The first-order chi connectivity index (χ1) is 43.2. The zero-order chi connectivity index (χ0) is 65.3. The summed E-state index contributed by atoms with van der Waals surface area (Å²) in [5.41, 5.74) is 0. The second-order valence-corrected chi connectivity index (χ2v) is 25.1. The fraction of sp³-hybridized carbons (Fsp3) is 0.676. The number of phosphoric acid groups is 2. The molecule has 0 spiro atoms. The minimum atomic E-state index is -4.93. The summed E-state index contributed by atoms with van der Waals surface area (Å²) in [5.74, 6) is -1.62. The number of unbranched alkanes of at least 4 members (excludes halogenated alkanes) is 20. The van der Waals surface area contributed by atoms with Crippen molar-refractivity contribution in [3.8, 4) is 0 Å². The van der Waals surface area contributed by atoms with Gasteiger partial charge in [0.1, 0.15) is 25.4 Å². The lowest BCUT2D eigenvalue weighted by molar-refractivity contribution is -0.161. The zero-order valence-corrected chi connectivity index (χ0v) is 56.8. The summed E-state index contributed by atoms with van der Waals surface area (Å²) >= 11 is 0. The lowest BCUT2D eigenvalue weighted by Crippen LogP contribution is -2.30. The van der Waals surface area contributed by atoms with Crippen molar-refractivity contribution in [3.63, 3.8) is 0 Å². The van der Waals surface area contributed by atoms with Crippen LogP contribution < -0.4 is 0 Å². The van der Waals surface area contributed by atoms with E-state index in [4.69, 9.17) is 32.3 Å². The maximum absolute atomic E-state index is 12.9. The van der Waals surface area contributed by atoms with E-state index < -0.39 is 91.5 Å². The van der Waals surface area contributed by atoms with Crippen LogP contribution in [-0.4, -0.2) is 95.9 Å². The Balaban J connectivity index is 4.72. The Labute approximate surface area is 538 Å². The molecular formula is C71H120O16P2. The molecule has 0 aliphatic carbocycles. The summed E-state index contributed by atoms with van der Waals surface area (Å²) < 4.78 is 60.9. The predicted octanol–water partition coefficient (Wildman–Crippen LogP) is 18.6. The van der Waals surface area contributed by atoms with Gasteiger partial charge in [-0.25, -0.2) is 9.13 Å². The molecule has 0 heterocycles. The number of esters is 3. The fourth-order valence-electron chi connectivity index (χ4n) is 8.52. The fourth-order valence-corrected chi connectivity index (χ4v) is 10.1. The van der Waals surface area contributed by atoms with Crippen LogP contribution in [0, 0.1) is 0 Å². The normalized spacial score (nSPS) is 15.0.